The van der Waals surface area contributed by atoms with Crippen molar-refractivity contribution >= 4 is 39.2 Å². The highest BCUT2D eigenvalue weighted by atomic mass is 35.5. The summed E-state index contributed by atoms with van der Waals surface area (Å²) in [4.78, 5) is 19.7. The number of carbonyl (C=O) groups excluding carboxylic acids is 1. The third-order valence-corrected chi connectivity index (χ3v) is 5.41. The van der Waals surface area contributed by atoms with Gasteiger partial charge in [-0.3, -0.25) is 9.48 Å². The van der Waals surface area contributed by atoms with Gasteiger partial charge in [-0.1, -0.05) is 11.6 Å². The lowest BCUT2D eigenvalue weighted by molar-refractivity contribution is -0.116. The number of rotatable bonds is 7. The Balaban J connectivity index is 1.58. The second-order valence-corrected chi connectivity index (χ2v) is 7.92. The molecule has 0 spiro atoms. The molecule has 9 nitrogen and oxygen atoms in total. The van der Waals surface area contributed by atoms with Crippen LogP contribution in [0.2, 0.25) is 5.02 Å². The summed E-state index contributed by atoms with van der Waals surface area (Å²) < 4.78 is 28.5. The van der Waals surface area contributed by atoms with E-state index in [4.69, 9.17) is 11.6 Å². The van der Waals surface area contributed by atoms with E-state index in [0.717, 1.165) is 0 Å². The van der Waals surface area contributed by atoms with E-state index in [9.17, 15) is 13.2 Å². The molecule has 2 aromatic heterocycles. The minimum Gasteiger partial charge on any atom is -0.326 e. The van der Waals surface area contributed by atoms with Gasteiger partial charge in [0, 0.05) is 37.2 Å². The number of amides is 1. The number of halogens is 1. The summed E-state index contributed by atoms with van der Waals surface area (Å²) in [7, 11) is -3.82. The molecule has 1 aromatic carbocycles. The van der Waals surface area contributed by atoms with E-state index < -0.39 is 10.0 Å². The molecule has 0 aliphatic carbocycles. The average molecular weight is 421 g/mol. The predicted octanol–water partition coefficient (Wildman–Crippen LogP) is 2.46. The Bertz CT molecular complexity index is 1050. The number of sulfonamides is 1. The Morgan fingerprint density at radius 2 is 1.86 bits per heavy atom. The van der Waals surface area contributed by atoms with Crippen LogP contribution in [0.3, 0.4) is 0 Å². The van der Waals surface area contributed by atoms with E-state index in [2.05, 4.69) is 25.1 Å². The normalized spacial score (nSPS) is 11.2. The molecule has 3 rings (SSSR count). The molecule has 146 valence electrons. The summed E-state index contributed by atoms with van der Waals surface area (Å²) in [6.07, 6.45) is 4.72. The number of carbonyl (C=O) groups is 1. The first-order chi connectivity index (χ1) is 13.3. The fraction of sp³-hybridized carbons (Fsp3) is 0.176. The van der Waals surface area contributed by atoms with Crippen LogP contribution < -0.4 is 10.0 Å². The van der Waals surface area contributed by atoms with Crippen molar-refractivity contribution in [2.45, 2.75) is 24.8 Å². The van der Waals surface area contributed by atoms with E-state index in [1.165, 1.54) is 36.7 Å². The molecule has 28 heavy (non-hydrogen) atoms. The molecule has 0 unspecified atom stereocenters. The fourth-order valence-electron chi connectivity index (χ4n) is 2.30. The van der Waals surface area contributed by atoms with Gasteiger partial charge < -0.3 is 5.32 Å². The van der Waals surface area contributed by atoms with E-state index in [1.807, 2.05) is 0 Å². The maximum Gasteiger partial charge on any atom is 0.264 e. The standard InChI is InChI=1S/C17H17ClN6O3S/c1-12-15(18)11-24(22-12)10-7-16(25)21-13-3-5-14(6-4-13)28(26,27)23-17-19-8-2-9-20-17/h2-6,8-9,11H,7,10H2,1H3,(H,21,25)(H,19,20,23). The Kier molecular flexibility index (Phi) is 5.90. The van der Waals surface area contributed by atoms with Crippen LogP contribution in [0.15, 0.2) is 53.8 Å². The van der Waals surface area contributed by atoms with Crippen molar-refractivity contribution in [3.63, 3.8) is 0 Å². The van der Waals surface area contributed by atoms with Crippen LogP contribution in [0, 0.1) is 6.92 Å². The lowest BCUT2D eigenvalue weighted by Gasteiger charge is -2.08. The Labute approximate surface area is 166 Å². The zero-order chi connectivity index (χ0) is 20.1. The number of benzene rings is 1. The maximum absolute atomic E-state index is 12.3. The van der Waals surface area contributed by atoms with Crippen LogP contribution in [-0.4, -0.2) is 34.1 Å². The van der Waals surface area contributed by atoms with Crippen LogP contribution in [0.4, 0.5) is 11.6 Å². The Morgan fingerprint density at radius 3 is 2.46 bits per heavy atom. The molecule has 0 saturated carbocycles. The predicted molar refractivity (Wildman–Crippen MR) is 105 cm³/mol. The van der Waals surface area contributed by atoms with E-state index in [0.29, 0.717) is 22.9 Å². The van der Waals surface area contributed by atoms with Crippen molar-refractivity contribution in [2.75, 3.05) is 10.0 Å². The maximum atomic E-state index is 12.3. The fourth-order valence-corrected chi connectivity index (χ4v) is 3.40. The van der Waals surface area contributed by atoms with E-state index >= 15 is 0 Å². The highest BCUT2D eigenvalue weighted by Crippen LogP contribution is 2.17. The third kappa shape index (κ3) is 5.05. The summed E-state index contributed by atoms with van der Waals surface area (Å²) >= 11 is 5.93. The lowest BCUT2D eigenvalue weighted by Crippen LogP contribution is -2.16. The van der Waals surface area contributed by atoms with Crippen LogP contribution in [-0.2, 0) is 21.4 Å². The van der Waals surface area contributed by atoms with E-state index in [1.54, 1.807) is 23.9 Å². The number of hydrogen-bond acceptors (Lipinski definition) is 6. The number of anilines is 2. The van der Waals surface area contributed by atoms with Crippen LogP contribution in [0.1, 0.15) is 12.1 Å². The monoisotopic (exact) mass is 420 g/mol. The highest BCUT2D eigenvalue weighted by Gasteiger charge is 2.15. The molecule has 0 atom stereocenters. The Hall–Kier alpha value is -2.98. The smallest absolute Gasteiger partial charge is 0.264 e. The molecule has 2 heterocycles. The second kappa shape index (κ2) is 8.36. The molecule has 0 fully saturated rings. The Morgan fingerprint density at radius 1 is 1.18 bits per heavy atom. The van der Waals surface area contributed by atoms with Gasteiger partial charge in [-0.25, -0.2) is 23.1 Å². The lowest BCUT2D eigenvalue weighted by atomic mass is 10.3. The van der Waals surface area contributed by atoms with Crippen LogP contribution in [0.5, 0.6) is 0 Å². The van der Waals surface area contributed by atoms with Gasteiger partial charge in [-0.15, -0.1) is 0 Å². The van der Waals surface area contributed by atoms with Gasteiger partial charge in [0.15, 0.2) is 0 Å². The van der Waals surface area contributed by atoms with Crippen LogP contribution >= 0.6 is 11.6 Å². The molecule has 0 aliphatic rings. The van der Waals surface area contributed by atoms with Crippen molar-refractivity contribution < 1.29 is 13.2 Å². The van der Waals surface area contributed by atoms with Gasteiger partial charge in [0.2, 0.25) is 11.9 Å². The average Bonchev–Trinajstić information content (AvgIpc) is 2.99. The van der Waals surface area contributed by atoms with Gasteiger partial charge in [-0.2, -0.15) is 5.10 Å². The molecule has 0 bridgehead atoms. The number of nitrogens with one attached hydrogen (secondary N) is 2. The first-order valence-corrected chi connectivity index (χ1v) is 10.1. The minimum absolute atomic E-state index is 0.0196. The largest absolute Gasteiger partial charge is 0.326 e. The SMILES string of the molecule is Cc1nn(CCC(=O)Nc2ccc(S(=O)(=O)Nc3ncccn3)cc2)cc1Cl. The molecular weight excluding hydrogens is 404 g/mol. The third-order valence-electron chi connectivity index (χ3n) is 3.69. The number of aromatic nitrogens is 4. The van der Waals surface area contributed by atoms with Crippen molar-refractivity contribution in [2.24, 2.45) is 0 Å². The number of nitrogens with zero attached hydrogens (tertiary/aromatic N) is 4. The summed E-state index contributed by atoms with van der Waals surface area (Å²) in [6, 6.07) is 7.37. The minimum atomic E-state index is -3.82. The van der Waals surface area contributed by atoms with Crippen LogP contribution in [0.25, 0.3) is 0 Å². The first-order valence-electron chi connectivity index (χ1n) is 8.23. The summed E-state index contributed by atoms with van der Waals surface area (Å²) in [5, 5.41) is 7.44. The van der Waals surface area contributed by atoms with Crippen molar-refractivity contribution in [3.05, 3.63) is 59.6 Å². The van der Waals surface area contributed by atoms with Crippen molar-refractivity contribution in [3.8, 4) is 0 Å². The second-order valence-electron chi connectivity index (χ2n) is 5.83. The zero-order valence-corrected chi connectivity index (χ0v) is 16.4. The molecule has 11 heteroatoms. The quantitative estimate of drug-likeness (QED) is 0.606. The highest BCUT2D eigenvalue weighted by molar-refractivity contribution is 7.92. The molecule has 0 aliphatic heterocycles. The zero-order valence-electron chi connectivity index (χ0n) is 14.8. The van der Waals surface area contributed by atoms with Gasteiger partial charge in [0.25, 0.3) is 10.0 Å². The number of hydrogen-bond donors (Lipinski definition) is 2. The molecule has 3 aromatic rings. The number of aryl methyl sites for hydroxylation is 2. The van der Waals surface area contributed by atoms with E-state index in [-0.39, 0.29) is 23.2 Å². The molecule has 2 N–H and O–H groups in total. The molecule has 0 radical (unpaired) electrons. The first kappa shape index (κ1) is 19.8. The summed E-state index contributed by atoms with van der Waals surface area (Å²) in [5.74, 6) is -0.246. The summed E-state index contributed by atoms with van der Waals surface area (Å²) in [5.41, 5.74) is 1.18. The van der Waals surface area contributed by atoms with Crippen molar-refractivity contribution in [1.82, 2.24) is 19.7 Å². The van der Waals surface area contributed by atoms with Gasteiger partial charge in [0.1, 0.15) is 0 Å². The van der Waals surface area contributed by atoms with Crippen molar-refractivity contribution in [1.29, 1.82) is 0 Å². The molecule has 1 amide bonds. The van der Waals surface area contributed by atoms with Gasteiger partial charge in [-0.05, 0) is 37.3 Å². The topological polar surface area (TPSA) is 119 Å². The van der Waals surface area contributed by atoms with Gasteiger partial charge in [0.05, 0.1) is 15.6 Å². The van der Waals surface area contributed by atoms with Gasteiger partial charge >= 0.3 is 0 Å². The molecule has 0 saturated heterocycles. The summed E-state index contributed by atoms with van der Waals surface area (Å²) in [6.45, 7) is 2.17. The molecular formula is C17H17ClN6O3S.